The summed E-state index contributed by atoms with van der Waals surface area (Å²) in [5.41, 5.74) is 5.72. The maximum absolute atomic E-state index is 11.3. The second kappa shape index (κ2) is 5.95. The molecule has 0 amide bonds. The minimum absolute atomic E-state index is 0.117. The van der Waals surface area contributed by atoms with E-state index in [4.69, 9.17) is 45.3 Å². The Balaban J connectivity index is 4.65. The van der Waals surface area contributed by atoms with Crippen LogP contribution in [0.25, 0.3) is 0 Å². The van der Waals surface area contributed by atoms with Gasteiger partial charge in [-0.05, 0) is 13.8 Å². The van der Waals surface area contributed by atoms with Crippen molar-refractivity contribution in [2.24, 2.45) is 5.73 Å². The molecule has 0 radical (unpaired) electrons. The Kier molecular flexibility index (Phi) is 6.05. The van der Waals surface area contributed by atoms with Gasteiger partial charge in [-0.1, -0.05) is 46.6 Å². The van der Waals surface area contributed by atoms with Crippen LogP contribution in [0.3, 0.4) is 0 Å². The van der Waals surface area contributed by atoms with E-state index in [9.17, 15) is 4.79 Å². The van der Waals surface area contributed by atoms with Gasteiger partial charge < -0.3 is 10.5 Å². The molecule has 0 aliphatic rings. The molecule has 14 heavy (non-hydrogen) atoms. The van der Waals surface area contributed by atoms with E-state index >= 15 is 0 Å². The van der Waals surface area contributed by atoms with Gasteiger partial charge >= 0.3 is 5.97 Å². The number of nitrogens with two attached hydrogens (primary N) is 1. The highest BCUT2D eigenvalue weighted by Crippen LogP contribution is 2.44. The molecule has 0 heterocycles. The van der Waals surface area contributed by atoms with E-state index in [0.717, 1.165) is 11.8 Å². The average molecular weight is 279 g/mol. The molecule has 0 atom stereocenters. The molecule has 0 aromatic carbocycles. The van der Waals surface area contributed by atoms with E-state index in [0.29, 0.717) is 0 Å². The highest BCUT2D eigenvalue weighted by atomic mass is 35.6. The van der Waals surface area contributed by atoms with Gasteiger partial charge in [0.15, 0.2) is 0 Å². The van der Waals surface area contributed by atoms with Crippen LogP contribution in [-0.4, -0.2) is 15.7 Å². The normalized spacial score (nSPS) is 13.5. The lowest BCUT2D eigenvalue weighted by atomic mass is 10.4. The summed E-state index contributed by atoms with van der Waals surface area (Å²) in [7, 11) is 0. The second-order valence-corrected chi connectivity index (χ2v) is 6.46. The number of rotatable bonds is 3. The number of hydrogen-bond acceptors (Lipinski definition) is 4. The third kappa shape index (κ3) is 5.86. The highest BCUT2D eigenvalue weighted by molar-refractivity contribution is 8.09. The molecular weight excluding hydrogens is 269 g/mol. The molecule has 3 nitrogen and oxygen atoms in total. The van der Waals surface area contributed by atoms with Crippen LogP contribution >= 0.6 is 46.6 Å². The minimum atomic E-state index is -1.62. The molecule has 0 spiro atoms. The Morgan fingerprint density at radius 2 is 2.00 bits per heavy atom. The van der Waals surface area contributed by atoms with E-state index in [1.807, 2.05) is 0 Å². The number of alkyl halides is 3. The first kappa shape index (κ1) is 14.2. The lowest BCUT2D eigenvalue weighted by Gasteiger charge is -2.13. The summed E-state index contributed by atoms with van der Waals surface area (Å²) in [4.78, 5) is 11.4. The van der Waals surface area contributed by atoms with Crippen molar-refractivity contribution in [3.05, 3.63) is 10.6 Å². The van der Waals surface area contributed by atoms with Crippen molar-refractivity contribution in [2.45, 2.75) is 17.0 Å². The van der Waals surface area contributed by atoms with Crippen molar-refractivity contribution in [3.8, 4) is 0 Å². The Labute approximate surface area is 102 Å². The number of carbonyl (C=O) groups is 1. The zero-order valence-electron chi connectivity index (χ0n) is 7.64. The van der Waals surface area contributed by atoms with Crippen LogP contribution in [-0.2, 0) is 9.53 Å². The van der Waals surface area contributed by atoms with Crippen LogP contribution in [0.4, 0.5) is 0 Å². The SMILES string of the molecule is CCOC(=O)/C(SC(Cl)(Cl)Cl)=C(/C)N. The van der Waals surface area contributed by atoms with E-state index < -0.39 is 9.09 Å². The Bertz CT molecular complexity index is 246. The van der Waals surface area contributed by atoms with Gasteiger partial charge in [-0.2, -0.15) is 0 Å². The third-order valence-electron chi connectivity index (χ3n) is 1.04. The van der Waals surface area contributed by atoms with Crippen molar-refractivity contribution < 1.29 is 9.53 Å². The molecule has 0 aromatic heterocycles. The van der Waals surface area contributed by atoms with Crippen molar-refractivity contribution in [3.63, 3.8) is 0 Å². The first-order valence-electron chi connectivity index (χ1n) is 3.67. The topological polar surface area (TPSA) is 52.3 Å². The van der Waals surface area contributed by atoms with E-state index in [-0.39, 0.29) is 17.2 Å². The summed E-state index contributed by atoms with van der Waals surface area (Å²) in [6.45, 7) is 3.47. The molecule has 0 bridgehead atoms. The Hall–Kier alpha value is 0.230. The molecule has 2 N–H and O–H groups in total. The molecule has 0 rings (SSSR count). The van der Waals surface area contributed by atoms with Crippen LogP contribution in [0.1, 0.15) is 13.8 Å². The molecule has 7 heteroatoms. The van der Waals surface area contributed by atoms with Crippen molar-refractivity contribution >= 4 is 52.5 Å². The number of allylic oxidation sites excluding steroid dienone is 1. The molecule has 0 fully saturated rings. The quantitative estimate of drug-likeness (QED) is 0.490. The monoisotopic (exact) mass is 277 g/mol. The first-order chi connectivity index (χ1) is 6.28. The van der Waals surface area contributed by atoms with Gasteiger partial charge in [0.25, 0.3) is 0 Å². The van der Waals surface area contributed by atoms with Crippen LogP contribution < -0.4 is 5.73 Å². The van der Waals surface area contributed by atoms with Crippen molar-refractivity contribution in [1.29, 1.82) is 0 Å². The summed E-state index contributed by atoms with van der Waals surface area (Å²) < 4.78 is 3.12. The van der Waals surface area contributed by atoms with Gasteiger partial charge in [0.05, 0.1) is 6.61 Å². The fourth-order valence-electron chi connectivity index (χ4n) is 0.596. The van der Waals surface area contributed by atoms with Gasteiger partial charge in [-0.3, -0.25) is 0 Å². The highest BCUT2D eigenvalue weighted by Gasteiger charge is 2.28. The number of carbonyl (C=O) groups excluding carboxylic acids is 1. The lowest BCUT2D eigenvalue weighted by molar-refractivity contribution is -0.137. The molecule has 0 saturated carbocycles. The fraction of sp³-hybridized carbons (Fsp3) is 0.571. The summed E-state index contributed by atoms with van der Waals surface area (Å²) in [6.07, 6.45) is 0. The zero-order valence-corrected chi connectivity index (χ0v) is 10.7. The number of ether oxygens (including phenoxy) is 1. The number of thioether (sulfide) groups is 1. The number of esters is 1. The van der Waals surface area contributed by atoms with Crippen LogP contribution in [0.15, 0.2) is 10.6 Å². The van der Waals surface area contributed by atoms with Crippen molar-refractivity contribution in [2.75, 3.05) is 6.61 Å². The predicted octanol–water partition coefficient (Wildman–Crippen LogP) is 2.80. The molecule has 0 aromatic rings. The standard InChI is InChI=1S/C7H10Cl3NO2S/c1-3-13-6(12)5(4(2)11)14-7(8,9)10/h3,11H2,1-2H3/b5-4+. The zero-order chi connectivity index (χ0) is 11.4. The third-order valence-corrected chi connectivity index (χ3v) is 2.66. The summed E-state index contributed by atoms with van der Waals surface area (Å²) in [5, 5.41) is 0. The molecule has 82 valence electrons. The Morgan fingerprint density at radius 3 is 2.29 bits per heavy atom. The smallest absolute Gasteiger partial charge is 0.346 e. The van der Waals surface area contributed by atoms with Crippen LogP contribution in [0.5, 0.6) is 0 Å². The number of hydrogen-bond donors (Lipinski definition) is 1. The predicted molar refractivity (Wildman–Crippen MR) is 61.4 cm³/mol. The second-order valence-electron chi connectivity index (χ2n) is 2.28. The average Bonchev–Trinajstić information content (AvgIpc) is 1.98. The largest absolute Gasteiger partial charge is 0.462 e. The van der Waals surface area contributed by atoms with Crippen LogP contribution in [0.2, 0.25) is 0 Å². The molecule has 0 saturated heterocycles. The molecule has 0 aliphatic heterocycles. The fourth-order valence-corrected chi connectivity index (χ4v) is 1.82. The van der Waals surface area contributed by atoms with Crippen LogP contribution in [0, 0.1) is 0 Å². The van der Waals surface area contributed by atoms with Crippen molar-refractivity contribution in [1.82, 2.24) is 0 Å². The van der Waals surface area contributed by atoms with Gasteiger partial charge in [0.1, 0.15) is 4.91 Å². The molecule has 0 unspecified atom stereocenters. The number of halogens is 3. The summed E-state index contributed by atoms with van der Waals surface area (Å²) in [6, 6.07) is 0. The molecule has 0 aliphatic carbocycles. The van der Waals surface area contributed by atoms with Gasteiger partial charge in [-0.25, -0.2) is 4.79 Å². The first-order valence-corrected chi connectivity index (χ1v) is 5.62. The van der Waals surface area contributed by atoms with Gasteiger partial charge in [0, 0.05) is 5.70 Å². The van der Waals surface area contributed by atoms with E-state index in [1.54, 1.807) is 6.92 Å². The molecular formula is C7H10Cl3NO2S. The Morgan fingerprint density at radius 1 is 1.50 bits per heavy atom. The maximum Gasteiger partial charge on any atom is 0.346 e. The van der Waals surface area contributed by atoms with Gasteiger partial charge in [-0.15, -0.1) is 0 Å². The van der Waals surface area contributed by atoms with Gasteiger partial charge in [0.2, 0.25) is 3.12 Å². The van der Waals surface area contributed by atoms with E-state index in [1.165, 1.54) is 6.92 Å². The maximum atomic E-state index is 11.3. The van der Waals surface area contributed by atoms with E-state index in [2.05, 4.69) is 0 Å². The summed E-state index contributed by atoms with van der Waals surface area (Å²) in [5.74, 6) is -0.580. The summed E-state index contributed by atoms with van der Waals surface area (Å²) >= 11 is 17.3. The minimum Gasteiger partial charge on any atom is -0.462 e. The lowest BCUT2D eigenvalue weighted by Crippen LogP contribution is -2.13.